The zero-order valence-corrected chi connectivity index (χ0v) is 16.0. The molecule has 0 radical (unpaired) electrons. The molecule has 1 aliphatic carbocycles. The molecule has 146 valence electrons. The van der Waals surface area contributed by atoms with E-state index in [1.807, 2.05) is 23.1 Å². The summed E-state index contributed by atoms with van der Waals surface area (Å²) in [5.74, 6) is 1.54. The first-order chi connectivity index (χ1) is 13.6. The first-order valence-electron chi connectivity index (χ1n) is 9.33. The number of nitrogens with one attached hydrogen (secondary N) is 2. The van der Waals surface area contributed by atoms with Gasteiger partial charge in [-0.3, -0.25) is 4.79 Å². The Balaban J connectivity index is 1.47. The predicted molar refractivity (Wildman–Crippen MR) is 107 cm³/mol. The third-order valence-electron chi connectivity index (χ3n) is 5.04. The van der Waals surface area contributed by atoms with Crippen molar-refractivity contribution in [2.24, 2.45) is 5.92 Å². The molecular formula is C21H23N3O4. The lowest BCUT2D eigenvalue weighted by Crippen LogP contribution is -2.30. The van der Waals surface area contributed by atoms with E-state index in [1.165, 1.54) is 0 Å². The number of amides is 3. The number of hydrogen-bond donors (Lipinski definition) is 2. The van der Waals surface area contributed by atoms with Crippen molar-refractivity contribution in [3.63, 3.8) is 0 Å². The predicted octanol–water partition coefficient (Wildman–Crippen LogP) is 3.65. The smallest absolute Gasteiger partial charge is 0.323 e. The fourth-order valence-corrected chi connectivity index (χ4v) is 3.41. The van der Waals surface area contributed by atoms with E-state index in [9.17, 15) is 9.59 Å². The topological polar surface area (TPSA) is 79.9 Å². The zero-order valence-electron chi connectivity index (χ0n) is 16.0. The van der Waals surface area contributed by atoms with Crippen molar-refractivity contribution in [1.29, 1.82) is 0 Å². The molecule has 1 saturated carbocycles. The van der Waals surface area contributed by atoms with Crippen molar-refractivity contribution >= 4 is 29.0 Å². The molecule has 0 aromatic heterocycles. The molecule has 2 aliphatic rings. The maximum atomic E-state index is 12.5. The van der Waals surface area contributed by atoms with Gasteiger partial charge in [-0.15, -0.1) is 0 Å². The SMILES string of the molecule is COc1cc(NC(=O)Nc2ccc3c(c2)N(C(=O)C2CC2)CC3)cc(OC)c1. The molecule has 2 aromatic carbocycles. The molecule has 4 rings (SSSR count). The van der Waals surface area contributed by atoms with E-state index in [1.54, 1.807) is 32.4 Å². The van der Waals surface area contributed by atoms with E-state index in [0.29, 0.717) is 29.4 Å². The number of rotatable bonds is 5. The van der Waals surface area contributed by atoms with E-state index in [-0.39, 0.29) is 17.9 Å². The first-order valence-corrected chi connectivity index (χ1v) is 9.33. The Morgan fingerprint density at radius 3 is 2.29 bits per heavy atom. The first kappa shape index (κ1) is 18.2. The van der Waals surface area contributed by atoms with E-state index in [4.69, 9.17) is 9.47 Å². The van der Waals surface area contributed by atoms with Crippen LogP contribution >= 0.6 is 0 Å². The Hall–Kier alpha value is -3.22. The van der Waals surface area contributed by atoms with Gasteiger partial charge in [-0.2, -0.15) is 0 Å². The van der Waals surface area contributed by atoms with Crippen molar-refractivity contribution in [3.8, 4) is 11.5 Å². The average molecular weight is 381 g/mol. The summed E-state index contributed by atoms with van der Waals surface area (Å²) in [6, 6.07) is 10.5. The quantitative estimate of drug-likeness (QED) is 0.829. The number of hydrogen-bond acceptors (Lipinski definition) is 4. The van der Waals surface area contributed by atoms with E-state index in [0.717, 1.165) is 30.5 Å². The number of carbonyl (C=O) groups is 2. The molecular weight excluding hydrogens is 358 g/mol. The molecule has 2 aromatic rings. The summed E-state index contributed by atoms with van der Waals surface area (Å²) in [7, 11) is 3.11. The maximum absolute atomic E-state index is 12.5. The third-order valence-corrected chi connectivity index (χ3v) is 5.04. The summed E-state index contributed by atoms with van der Waals surface area (Å²) in [6.45, 7) is 0.712. The fraction of sp³-hybridized carbons (Fsp3) is 0.333. The molecule has 2 N–H and O–H groups in total. The Bertz CT molecular complexity index is 902. The summed E-state index contributed by atoms with van der Waals surface area (Å²) in [4.78, 5) is 26.7. The fourth-order valence-electron chi connectivity index (χ4n) is 3.41. The maximum Gasteiger partial charge on any atom is 0.323 e. The number of benzene rings is 2. The lowest BCUT2D eigenvalue weighted by molar-refractivity contribution is -0.119. The number of anilines is 3. The van der Waals surface area contributed by atoms with Gasteiger partial charge >= 0.3 is 6.03 Å². The van der Waals surface area contributed by atoms with Crippen molar-refractivity contribution in [2.45, 2.75) is 19.3 Å². The van der Waals surface area contributed by atoms with Gasteiger partial charge in [0.05, 0.1) is 14.2 Å². The van der Waals surface area contributed by atoms with Crippen LogP contribution in [0.15, 0.2) is 36.4 Å². The molecule has 7 nitrogen and oxygen atoms in total. The molecule has 3 amide bonds. The van der Waals surface area contributed by atoms with E-state index < -0.39 is 0 Å². The summed E-state index contributed by atoms with van der Waals surface area (Å²) in [5.41, 5.74) is 3.23. The van der Waals surface area contributed by atoms with Gasteiger partial charge in [0, 0.05) is 47.7 Å². The summed E-state index contributed by atoms with van der Waals surface area (Å²) < 4.78 is 10.4. The number of ether oxygens (including phenoxy) is 2. The van der Waals surface area contributed by atoms with Crippen LogP contribution in [0.2, 0.25) is 0 Å². The highest BCUT2D eigenvalue weighted by atomic mass is 16.5. The van der Waals surface area contributed by atoms with Crippen LogP contribution in [-0.4, -0.2) is 32.7 Å². The van der Waals surface area contributed by atoms with Crippen LogP contribution in [0.1, 0.15) is 18.4 Å². The van der Waals surface area contributed by atoms with Crippen LogP contribution in [0.4, 0.5) is 21.9 Å². The lowest BCUT2D eigenvalue weighted by Gasteiger charge is -2.18. The number of fused-ring (bicyclic) bond motifs is 1. The summed E-state index contributed by atoms with van der Waals surface area (Å²) in [6.07, 6.45) is 2.81. The molecule has 28 heavy (non-hydrogen) atoms. The molecule has 1 heterocycles. The van der Waals surface area contributed by atoms with Crippen LogP contribution in [0.3, 0.4) is 0 Å². The van der Waals surface area contributed by atoms with Crippen molar-refractivity contribution in [2.75, 3.05) is 36.3 Å². The Morgan fingerprint density at radius 1 is 0.964 bits per heavy atom. The number of methoxy groups -OCH3 is 2. The molecule has 0 atom stereocenters. The molecule has 0 unspecified atom stereocenters. The highest BCUT2D eigenvalue weighted by Crippen LogP contribution is 2.37. The highest BCUT2D eigenvalue weighted by Gasteiger charge is 2.36. The second-order valence-electron chi connectivity index (χ2n) is 7.04. The van der Waals surface area contributed by atoms with Crippen LogP contribution in [0.5, 0.6) is 11.5 Å². The van der Waals surface area contributed by atoms with Crippen LogP contribution in [0, 0.1) is 5.92 Å². The summed E-state index contributed by atoms with van der Waals surface area (Å²) in [5, 5.41) is 5.61. The van der Waals surface area contributed by atoms with Crippen LogP contribution in [-0.2, 0) is 11.2 Å². The number of carbonyl (C=O) groups excluding carboxylic acids is 2. The monoisotopic (exact) mass is 381 g/mol. The van der Waals surface area contributed by atoms with Crippen molar-refractivity contribution in [3.05, 3.63) is 42.0 Å². The molecule has 1 aliphatic heterocycles. The molecule has 7 heteroatoms. The number of nitrogens with zero attached hydrogens (tertiary/aromatic N) is 1. The zero-order chi connectivity index (χ0) is 19.7. The molecule has 0 saturated heterocycles. The highest BCUT2D eigenvalue weighted by molar-refractivity contribution is 6.02. The van der Waals surface area contributed by atoms with Crippen molar-refractivity contribution < 1.29 is 19.1 Å². The average Bonchev–Trinajstić information content (AvgIpc) is 3.46. The van der Waals surface area contributed by atoms with Gasteiger partial charge < -0.3 is 25.0 Å². The largest absolute Gasteiger partial charge is 0.497 e. The van der Waals surface area contributed by atoms with Gasteiger partial charge in [0.1, 0.15) is 11.5 Å². The lowest BCUT2D eigenvalue weighted by atomic mass is 10.1. The Kier molecular flexibility index (Phi) is 4.81. The Morgan fingerprint density at radius 2 is 1.64 bits per heavy atom. The van der Waals surface area contributed by atoms with Crippen LogP contribution < -0.4 is 25.0 Å². The van der Waals surface area contributed by atoms with Gasteiger partial charge in [-0.1, -0.05) is 6.07 Å². The van der Waals surface area contributed by atoms with E-state index >= 15 is 0 Å². The molecule has 0 bridgehead atoms. The Labute approximate surface area is 163 Å². The molecule has 0 spiro atoms. The molecule has 1 fully saturated rings. The summed E-state index contributed by atoms with van der Waals surface area (Å²) >= 11 is 0. The normalized spacial score (nSPS) is 15.0. The second kappa shape index (κ2) is 7.42. The van der Waals surface area contributed by atoms with Gasteiger partial charge in [0.15, 0.2) is 0 Å². The minimum atomic E-state index is -0.381. The second-order valence-corrected chi connectivity index (χ2v) is 7.04. The van der Waals surface area contributed by atoms with Gasteiger partial charge in [-0.05, 0) is 37.0 Å². The minimum Gasteiger partial charge on any atom is -0.497 e. The van der Waals surface area contributed by atoms with Gasteiger partial charge in [0.2, 0.25) is 5.91 Å². The third kappa shape index (κ3) is 3.74. The number of urea groups is 1. The van der Waals surface area contributed by atoms with Crippen molar-refractivity contribution in [1.82, 2.24) is 0 Å². The van der Waals surface area contributed by atoms with Gasteiger partial charge in [-0.25, -0.2) is 4.79 Å². The minimum absolute atomic E-state index is 0.175. The van der Waals surface area contributed by atoms with E-state index in [2.05, 4.69) is 10.6 Å². The van der Waals surface area contributed by atoms with Gasteiger partial charge in [0.25, 0.3) is 0 Å². The standard InChI is InChI=1S/C21H23N3O4/c1-27-17-9-16(10-18(12-17)28-2)23-21(26)22-15-6-5-13-7-8-24(19(13)11-15)20(25)14-3-4-14/h5-6,9-12,14H,3-4,7-8H2,1-2H3,(H2,22,23,26). The van der Waals surface area contributed by atoms with Crippen LogP contribution in [0.25, 0.3) is 0 Å².